The first-order valence-corrected chi connectivity index (χ1v) is 7.21. The minimum Gasteiger partial charge on any atom is -0.298 e. The molecule has 1 heterocycles. The number of benzene rings is 1. The highest BCUT2D eigenvalue weighted by atomic mass is 35.5. The molecule has 0 fully saturated rings. The molecule has 20 heavy (non-hydrogen) atoms. The lowest BCUT2D eigenvalue weighted by Gasteiger charge is -2.04. The highest BCUT2D eigenvalue weighted by Gasteiger charge is 2.16. The number of rotatable bonds is 5. The Kier molecular flexibility index (Phi) is 4.84. The smallest absolute Gasteiger partial charge is 0.155 e. The van der Waals surface area contributed by atoms with E-state index in [9.17, 15) is 4.79 Å². The van der Waals surface area contributed by atoms with Crippen LogP contribution < -0.4 is 0 Å². The van der Waals surface area contributed by atoms with Crippen molar-refractivity contribution in [2.75, 3.05) is 0 Å². The van der Waals surface area contributed by atoms with Gasteiger partial charge in [0.1, 0.15) is 5.15 Å². The fourth-order valence-corrected chi connectivity index (χ4v) is 2.53. The molecule has 1 aromatic heterocycles. The third-order valence-electron chi connectivity index (χ3n) is 2.94. The first kappa shape index (κ1) is 15.1. The van der Waals surface area contributed by atoms with Crippen LogP contribution in [0.2, 0.25) is 10.2 Å². The maximum atomic E-state index is 11.2. The molecule has 3 nitrogen and oxygen atoms in total. The number of carbonyl (C=O) groups excluding carboxylic acids is 1. The molecule has 0 aliphatic heterocycles. The van der Waals surface area contributed by atoms with Crippen molar-refractivity contribution in [1.29, 1.82) is 0 Å². The molecule has 0 saturated carbocycles. The second-order valence-electron chi connectivity index (χ2n) is 5.15. The quantitative estimate of drug-likeness (QED) is 0.774. The van der Waals surface area contributed by atoms with Crippen LogP contribution in [0.15, 0.2) is 24.3 Å². The molecule has 0 aliphatic rings. The molecule has 2 rings (SSSR count). The largest absolute Gasteiger partial charge is 0.298 e. The van der Waals surface area contributed by atoms with Gasteiger partial charge in [0.25, 0.3) is 0 Å². The molecular weight excluding hydrogens is 295 g/mol. The van der Waals surface area contributed by atoms with Crippen molar-refractivity contribution in [3.05, 3.63) is 51.3 Å². The normalized spacial score (nSPS) is 11.1. The van der Waals surface area contributed by atoms with Crippen molar-refractivity contribution >= 4 is 29.5 Å². The van der Waals surface area contributed by atoms with Gasteiger partial charge in [0.15, 0.2) is 6.29 Å². The Morgan fingerprint density at radius 2 is 2.10 bits per heavy atom. The lowest BCUT2D eigenvalue weighted by molar-refractivity contribution is 0.112. The molecule has 0 atom stereocenters. The van der Waals surface area contributed by atoms with E-state index in [1.54, 1.807) is 4.68 Å². The molecule has 0 radical (unpaired) electrons. The summed E-state index contributed by atoms with van der Waals surface area (Å²) in [6.45, 7) is 4.66. The van der Waals surface area contributed by atoms with Gasteiger partial charge >= 0.3 is 0 Å². The van der Waals surface area contributed by atoms with Crippen LogP contribution in [0.25, 0.3) is 0 Å². The van der Waals surface area contributed by atoms with Crippen LogP contribution in [0.3, 0.4) is 0 Å². The topological polar surface area (TPSA) is 34.9 Å². The van der Waals surface area contributed by atoms with Crippen LogP contribution in [0.4, 0.5) is 0 Å². The summed E-state index contributed by atoms with van der Waals surface area (Å²) in [5.41, 5.74) is 2.24. The van der Waals surface area contributed by atoms with Crippen LogP contribution in [0.5, 0.6) is 0 Å². The van der Waals surface area contributed by atoms with E-state index in [1.807, 2.05) is 24.3 Å². The molecule has 5 heteroatoms. The van der Waals surface area contributed by atoms with Crippen molar-refractivity contribution in [3.63, 3.8) is 0 Å². The zero-order valence-electron chi connectivity index (χ0n) is 11.4. The first-order valence-electron chi connectivity index (χ1n) is 6.46. The zero-order valence-corrected chi connectivity index (χ0v) is 12.9. The second-order valence-corrected chi connectivity index (χ2v) is 5.95. The molecule has 0 unspecified atom stereocenters. The zero-order chi connectivity index (χ0) is 14.7. The van der Waals surface area contributed by atoms with Gasteiger partial charge in [-0.25, -0.2) is 4.68 Å². The van der Waals surface area contributed by atoms with Crippen molar-refractivity contribution in [3.8, 4) is 0 Å². The van der Waals surface area contributed by atoms with Crippen LogP contribution in [0.1, 0.15) is 35.5 Å². The van der Waals surface area contributed by atoms with Gasteiger partial charge in [-0.2, -0.15) is 5.10 Å². The van der Waals surface area contributed by atoms with Gasteiger partial charge in [0.2, 0.25) is 0 Å². The second kappa shape index (κ2) is 6.42. The van der Waals surface area contributed by atoms with E-state index in [4.69, 9.17) is 23.2 Å². The van der Waals surface area contributed by atoms with Crippen molar-refractivity contribution in [1.82, 2.24) is 9.78 Å². The summed E-state index contributed by atoms with van der Waals surface area (Å²) in [6.07, 6.45) is 1.51. The number of aromatic nitrogens is 2. The lowest BCUT2D eigenvalue weighted by Crippen LogP contribution is -2.03. The van der Waals surface area contributed by atoms with Crippen LogP contribution in [-0.4, -0.2) is 16.1 Å². The molecule has 0 saturated heterocycles. The molecular formula is C15H16Cl2N2O. The van der Waals surface area contributed by atoms with Gasteiger partial charge in [-0.1, -0.05) is 49.2 Å². The van der Waals surface area contributed by atoms with Crippen molar-refractivity contribution in [2.45, 2.75) is 26.8 Å². The minimum atomic E-state index is 0.385. The fourth-order valence-electron chi connectivity index (χ4n) is 2.07. The summed E-state index contributed by atoms with van der Waals surface area (Å²) in [7, 11) is 0. The van der Waals surface area contributed by atoms with E-state index in [2.05, 4.69) is 18.9 Å². The maximum absolute atomic E-state index is 11.2. The molecule has 106 valence electrons. The number of nitrogens with zero attached hydrogens (tertiary/aromatic N) is 2. The summed E-state index contributed by atoms with van der Waals surface area (Å²) >= 11 is 12.2. The maximum Gasteiger partial charge on any atom is 0.155 e. The van der Waals surface area contributed by atoms with Gasteiger partial charge in [-0.3, -0.25) is 4.79 Å². The molecule has 2 aromatic rings. The van der Waals surface area contributed by atoms with E-state index in [0.717, 1.165) is 24.0 Å². The molecule has 0 aliphatic carbocycles. The summed E-state index contributed by atoms with van der Waals surface area (Å²) in [4.78, 5) is 11.2. The lowest BCUT2D eigenvalue weighted by atomic mass is 10.1. The predicted octanol–water partition coefficient (Wildman–Crippen LogP) is 4.25. The summed E-state index contributed by atoms with van der Waals surface area (Å²) in [5, 5.41) is 5.51. The first-order chi connectivity index (χ1) is 9.51. The Morgan fingerprint density at radius 1 is 1.35 bits per heavy atom. The number of hydrogen-bond donors (Lipinski definition) is 0. The van der Waals surface area contributed by atoms with E-state index >= 15 is 0 Å². The standard InChI is InChI=1S/C15H16Cl2N2O/c1-10(2)6-14-13(9-20)15(17)19(18-14)8-11-4-3-5-12(16)7-11/h3-5,7,9-10H,6,8H2,1-2H3. The molecule has 0 N–H and O–H groups in total. The van der Waals surface area contributed by atoms with Gasteiger partial charge in [0.05, 0.1) is 17.8 Å². The van der Waals surface area contributed by atoms with Crippen LogP contribution in [-0.2, 0) is 13.0 Å². The fraction of sp³-hybridized carbons (Fsp3) is 0.333. The Labute approximate surface area is 128 Å². The number of aldehydes is 1. The summed E-state index contributed by atoms with van der Waals surface area (Å²) in [5.74, 6) is 0.416. The molecule has 0 bridgehead atoms. The highest BCUT2D eigenvalue weighted by molar-refractivity contribution is 6.32. The van der Waals surface area contributed by atoms with Gasteiger partial charge in [-0.05, 0) is 30.0 Å². The van der Waals surface area contributed by atoms with Crippen molar-refractivity contribution < 1.29 is 4.79 Å². The minimum absolute atomic E-state index is 0.385. The Balaban J connectivity index is 2.32. The van der Waals surface area contributed by atoms with Crippen LogP contribution >= 0.6 is 23.2 Å². The summed E-state index contributed by atoms with van der Waals surface area (Å²) < 4.78 is 1.65. The number of carbonyl (C=O) groups is 1. The monoisotopic (exact) mass is 310 g/mol. The Hall–Kier alpha value is -1.32. The third kappa shape index (κ3) is 3.41. The average molecular weight is 311 g/mol. The molecule has 1 aromatic carbocycles. The Bertz CT molecular complexity index is 620. The van der Waals surface area contributed by atoms with Gasteiger partial charge in [-0.15, -0.1) is 0 Å². The van der Waals surface area contributed by atoms with E-state index in [0.29, 0.717) is 28.2 Å². The molecule has 0 spiro atoms. The summed E-state index contributed by atoms with van der Waals surface area (Å²) in [6, 6.07) is 7.51. The predicted molar refractivity (Wildman–Crippen MR) is 81.7 cm³/mol. The van der Waals surface area contributed by atoms with Crippen LogP contribution in [0, 0.1) is 5.92 Å². The average Bonchev–Trinajstić information content (AvgIpc) is 2.64. The van der Waals surface area contributed by atoms with E-state index < -0.39 is 0 Å². The van der Waals surface area contributed by atoms with Gasteiger partial charge < -0.3 is 0 Å². The molecule has 0 amide bonds. The SMILES string of the molecule is CC(C)Cc1nn(Cc2cccc(Cl)c2)c(Cl)c1C=O. The number of halogens is 2. The van der Waals surface area contributed by atoms with Gasteiger partial charge in [0, 0.05) is 5.02 Å². The third-order valence-corrected chi connectivity index (χ3v) is 3.58. The Morgan fingerprint density at radius 3 is 2.70 bits per heavy atom. The highest BCUT2D eigenvalue weighted by Crippen LogP contribution is 2.22. The van der Waals surface area contributed by atoms with E-state index in [-0.39, 0.29) is 0 Å². The van der Waals surface area contributed by atoms with Crippen molar-refractivity contribution in [2.24, 2.45) is 5.92 Å². The number of hydrogen-bond acceptors (Lipinski definition) is 2. The van der Waals surface area contributed by atoms with E-state index in [1.165, 1.54) is 0 Å².